The highest BCUT2D eigenvalue weighted by Gasteiger charge is 2.09. The van der Waals surface area contributed by atoms with E-state index >= 15 is 0 Å². The largest absolute Gasteiger partial charge is 0.353 e. The molecular formula is C18H12ClN3O. The van der Waals surface area contributed by atoms with Gasteiger partial charge in [-0.05, 0) is 36.4 Å². The van der Waals surface area contributed by atoms with Gasteiger partial charge >= 0.3 is 0 Å². The number of benzene rings is 2. The molecule has 0 saturated carbocycles. The Morgan fingerprint density at radius 2 is 1.78 bits per heavy atom. The number of carbonyl (C=O) groups is 1. The molecule has 2 aromatic heterocycles. The van der Waals surface area contributed by atoms with Gasteiger partial charge in [-0.2, -0.15) is 0 Å². The van der Waals surface area contributed by atoms with E-state index in [2.05, 4.69) is 15.3 Å². The SMILES string of the molecule is O=C(Nc1cc2c(cn1)[nH]c1ccccc12)c1ccc(Cl)cc1. The second kappa shape index (κ2) is 5.41. The number of para-hydroxylation sites is 1. The first-order valence-electron chi connectivity index (χ1n) is 7.14. The van der Waals surface area contributed by atoms with Crippen LogP contribution in [0.4, 0.5) is 5.82 Å². The van der Waals surface area contributed by atoms with E-state index in [0.717, 1.165) is 21.8 Å². The van der Waals surface area contributed by atoms with Gasteiger partial charge in [-0.3, -0.25) is 4.79 Å². The summed E-state index contributed by atoms with van der Waals surface area (Å²) in [5, 5.41) is 5.55. The van der Waals surface area contributed by atoms with Gasteiger partial charge < -0.3 is 10.3 Å². The van der Waals surface area contributed by atoms with E-state index in [1.807, 2.05) is 30.3 Å². The van der Waals surface area contributed by atoms with Crippen molar-refractivity contribution in [3.05, 3.63) is 71.4 Å². The molecular weight excluding hydrogens is 310 g/mol. The highest BCUT2D eigenvalue weighted by atomic mass is 35.5. The molecule has 0 atom stereocenters. The average Bonchev–Trinajstić information content (AvgIpc) is 2.93. The second-order valence-electron chi connectivity index (χ2n) is 5.25. The fourth-order valence-electron chi connectivity index (χ4n) is 2.61. The van der Waals surface area contributed by atoms with Crippen LogP contribution in [-0.2, 0) is 0 Å². The Balaban J connectivity index is 1.70. The van der Waals surface area contributed by atoms with Gasteiger partial charge in [0.15, 0.2) is 0 Å². The van der Waals surface area contributed by atoms with Crippen molar-refractivity contribution in [2.24, 2.45) is 0 Å². The average molecular weight is 322 g/mol. The molecule has 4 nitrogen and oxygen atoms in total. The lowest BCUT2D eigenvalue weighted by molar-refractivity contribution is 0.102. The number of amides is 1. The van der Waals surface area contributed by atoms with Crippen LogP contribution in [0.3, 0.4) is 0 Å². The normalized spacial score (nSPS) is 11.0. The molecule has 23 heavy (non-hydrogen) atoms. The van der Waals surface area contributed by atoms with Gasteiger partial charge in [0.1, 0.15) is 5.82 Å². The van der Waals surface area contributed by atoms with Crippen LogP contribution in [0.5, 0.6) is 0 Å². The number of fused-ring (bicyclic) bond motifs is 3. The first-order chi connectivity index (χ1) is 11.2. The molecule has 4 rings (SSSR count). The van der Waals surface area contributed by atoms with E-state index in [0.29, 0.717) is 16.4 Å². The molecule has 2 N–H and O–H groups in total. The number of H-pyrrole nitrogens is 1. The van der Waals surface area contributed by atoms with Gasteiger partial charge in [0.25, 0.3) is 5.91 Å². The lowest BCUT2D eigenvalue weighted by atomic mass is 10.2. The highest BCUT2D eigenvalue weighted by Crippen LogP contribution is 2.26. The number of aromatic amines is 1. The summed E-state index contributed by atoms with van der Waals surface area (Å²) in [7, 11) is 0. The molecule has 0 saturated heterocycles. The molecule has 0 aliphatic carbocycles. The van der Waals surface area contributed by atoms with Crippen molar-refractivity contribution in [2.45, 2.75) is 0 Å². The standard InChI is InChI=1S/C18H12ClN3O/c19-12-7-5-11(6-8-12)18(23)22-17-9-14-13-3-1-2-4-15(13)21-16(14)10-20-17/h1-10,21H,(H,20,22,23). The summed E-state index contributed by atoms with van der Waals surface area (Å²) < 4.78 is 0. The molecule has 4 aromatic rings. The first-order valence-corrected chi connectivity index (χ1v) is 7.52. The smallest absolute Gasteiger partial charge is 0.256 e. The summed E-state index contributed by atoms with van der Waals surface area (Å²) in [5.74, 6) is 0.301. The van der Waals surface area contributed by atoms with Crippen LogP contribution >= 0.6 is 11.6 Å². The molecule has 0 radical (unpaired) electrons. The third-order valence-corrected chi connectivity index (χ3v) is 3.99. The molecule has 0 fully saturated rings. The lowest BCUT2D eigenvalue weighted by Crippen LogP contribution is -2.12. The van der Waals surface area contributed by atoms with Crippen LogP contribution in [0.25, 0.3) is 21.8 Å². The fourth-order valence-corrected chi connectivity index (χ4v) is 2.73. The summed E-state index contributed by atoms with van der Waals surface area (Å²) >= 11 is 5.84. The zero-order valence-corrected chi connectivity index (χ0v) is 12.8. The van der Waals surface area contributed by atoms with E-state index in [1.54, 1.807) is 30.5 Å². The number of aromatic nitrogens is 2. The number of hydrogen-bond acceptors (Lipinski definition) is 2. The number of pyridine rings is 1. The Bertz CT molecular complexity index is 1020. The Hall–Kier alpha value is -2.85. The summed E-state index contributed by atoms with van der Waals surface area (Å²) in [6.45, 7) is 0. The van der Waals surface area contributed by atoms with E-state index in [9.17, 15) is 4.79 Å². The van der Waals surface area contributed by atoms with Crippen molar-refractivity contribution in [1.82, 2.24) is 9.97 Å². The molecule has 2 heterocycles. The maximum atomic E-state index is 12.3. The Labute approximate surface area is 137 Å². The van der Waals surface area contributed by atoms with E-state index in [4.69, 9.17) is 11.6 Å². The zero-order chi connectivity index (χ0) is 15.8. The number of rotatable bonds is 2. The Morgan fingerprint density at radius 3 is 2.61 bits per heavy atom. The number of nitrogens with zero attached hydrogens (tertiary/aromatic N) is 1. The van der Waals surface area contributed by atoms with Crippen molar-refractivity contribution >= 4 is 45.1 Å². The van der Waals surface area contributed by atoms with Crippen LogP contribution in [0.1, 0.15) is 10.4 Å². The quantitative estimate of drug-likeness (QED) is 0.566. The van der Waals surface area contributed by atoms with Crippen LogP contribution in [0.2, 0.25) is 5.02 Å². The summed E-state index contributed by atoms with van der Waals surface area (Å²) in [6, 6.07) is 16.6. The van der Waals surface area contributed by atoms with E-state index < -0.39 is 0 Å². The lowest BCUT2D eigenvalue weighted by Gasteiger charge is -2.04. The molecule has 0 bridgehead atoms. The Kier molecular flexibility index (Phi) is 3.24. The van der Waals surface area contributed by atoms with Crippen molar-refractivity contribution in [3.8, 4) is 0 Å². The monoisotopic (exact) mass is 321 g/mol. The van der Waals surface area contributed by atoms with Crippen molar-refractivity contribution < 1.29 is 4.79 Å². The molecule has 2 aromatic carbocycles. The highest BCUT2D eigenvalue weighted by molar-refractivity contribution is 6.30. The maximum absolute atomic E-state index is 12.3. The number of anilines is 1. The predicted octanol–water partition coefficient (Wildman–Crippen LogP) is 4.62. The molecule has 0 aliphatic heterocycles. The minimum Gasteiger partial charge on any atom is -0.353 e. The predicted molar refractivity (Wildman–Crippen MR) is 93.0 cm³/mol. The molecule has 112 valence electrons. The van der Waals surface area contributed by atoms with Crippen LogP contribution in [-0.4, -0.2) is 15.9 Å². The van der Waals surface area contributed by atoms with E-state index in [1.165, 1.54) is 0 Å². The summed E-state index contributed by atoms with van der Waals surface area (Å²) in [5.41, 5.74) is 2.52. The van der Waals surface area contributed by atoms with Crippen molar-refractivity contribution in [1.29, 1.82) is 0 Å². The molecule has 0 spiro atoms. The summed E-state index contributed by atoms with van der Waals surface area (Å²) in [6.07, 6.45) is 1.73. The number of carbonyl (C=O) groups excluding carboxylic acids is 1. The van der Waals surface area contributed by atoms with Gasteiger partial charge in [-0.25, -0.2) is 4.98 Å². The van der Waals surface area contributed by atoms with Gasteiger partial charge in [0, 0.05) is 26.9 Å². The maximum Gasteiger partial charge on any atom is 0.256 e. The molecule has 0 aliphatic rings. The van der Waals surface area contributed by atoms with Crippen LogP contribution in [0, 0.1) is 0 Å². The topological polar surface area (TPSA) is 57.8 Å². The van der Waals surface area contributed by atoms with Crippen molar-refractivity contribution in [3.63, 3.8) is 0 Å². The molecule has 0 unspecified atom stereocenters. The number of nitrogens with one attached hydrogen (secondary N) is 2. The van der Waals surface area contributed by atoms with Gasteiger partial charge in [0.05, 0.1) is 11.7 Å². The van der Waals surface area contributed by atoms with Crippen LogP contribution in [0.15, 0.2) is 60.8 Å². The minimum atomic E-state index is -0.214. The van der Waals surface area contributed by atoms with Crippen molar-refractivity contribution in [2.75, 3.05) is 5.32 Å². The number of halogens is 1. The zero-order valence-electron chi connectivity index (χ0n) is 12.0. The number of hydrogen-bond donors (Lipinski definition) is 2. The minimum absolute atomic E-state index is 0.214. The van der Waals surface area contributed by atoms with Gasteiger partial charge in [-0.1, -0.05) is 29.8 Å². The third-order valence-electron chi connectivity index (χ3n) is 3.74. The van der Waals surface area contributed by atoms with Gasteiger partial charge in [0.2, 0.25) is 0 Å². The Morgan fingerprint density at radius 1 is 1.00 bits per heavy atom. The van der Waals surface area contributed by atoms with Crippen LogP contribution < -0.4 is 5.32 Å². The molecule has 5 heteroatoms. The summed E-state index contributed by atoms with van der Waals surface area (Å²) in [4.78, 5) is 19.9. The molecule has 1 amide bonds. The van der Waals surface area contributed by atoms with E-state index in [-0.39, 0.29) is 5.91 Å². The van der Waals surface area contributed by atoms with Gasteiger partial charge in [-0.15, -0.1) is 0 Å². The fraction of sp³-hybridized carbons (Fsp3) is 0. The first kappa shape index (κ1) is 13.8. The third kappa shape index (κ3) is 2.53. The second-order valence-corrected chi connectivity index (χ2v) is 5.68.